The number of fused-ring (bicyclic) bond motifs is 1. The molecule has 0 spiro atoms. The standard InChI is InChI=1S/C13H16O2/c1-15-13(14)12-9-5-7-10-6-3-2-4-8-11(10)12/h5,7,9H,2-4,6,8H2,1H3. The van der Waals surface area contributed by atoms with Crippen molar-refractivity contribution >= 4 is 5.97 Å². The topological polar surface area (TPSA) is 26.3 Å². The van der Waals surface area contributed by atoms with Crippen LogP contribution in [0.25, 0.3) is 0 Å². The fourth-order valence-corrected chi connectivity index (χ4v) is 2.26. The second-order valence-corrected chi connectivity index (χ2v) is 4.00. The molecule has 0 aromatic heterocycles. The number of hydrogen-bond acceptors (Lipinski definition) is 2. The normalized spacial score (nSPS) is 15.3. The third kappa shape index (κ3) is 2.04. The van der Waals surface area contributed by atoms with Gasteiger partial charge in [-0.3, -0.25) is 0 Å². The Bertz CT molecular complexity index is 369. The summed E-state index contributed by atoms with van der Waals surface area (Å²) in [5.41, 5.74) is 3.30. The Labute approximate surface area is 90.3 Å². The SMILES string of the molecule is COC(=O)c1cccc2c1CCCCC2. The molecule has 0 heterocycles. The molecule has 0 atom stereocenters. The monoisotopic (exact) mass is 204 g/mol. The maximum Gasteiger partial charge on any atom is 0.338 e. The molecule has 1 aromatic carbocycles. The first kappa shape index (κ1) is 10.2. The Kier molecular flexibility index (Phi) is 3.05. The maximum atomic E-state index is 11.6. The first-order valence-electron chi connectivity index (χ1n) is 5.52. The molecule has 2 nitrogen and oxygen atoms in total. The van der Waals surface area contributed by atoms with E-state index >= 15 is 0 Å². The van der Waals surface area contributed by atoms with Gasteiger partial charge in [0.15, 0.2) is 0 Å². The van der Waals surface area contributed by atoms with Gasteiger partial charge in [-0.25, -0.2) is 4.79 Å². The lowest BCUT2D eigenvalue weighted by molar-refractivity contribution is 0.0599. The highest BCUT2D eigenvalue weighted by atomic mass is 16.5. The largest absolute Gasteiger partial charge is 0.465 e. The molecule has 0 amide bonds. The molecular weight excluding hydrogens is 188 g/mol. The van der Waals surface area contributed by atoms with Crippen molar-refractivity contribution in [2.45, 2.75) is 32.1 Å². The van der Waals surface area contributed by atoms with E-state index < -0.39 is 0 Å². The van der Waals surface area contributed by atoms with E-state index in [0.717, 1.165) is 18.4 Å². The van der Waals surface area contributed by atoms with Crippen LogP contribution in [0.2, 0.25) is 0 Å². The van der Waals surface area contributed by atoms with Crippen molar-refractivity contribution < 1.29 is 9.53 Å². The fourth-order valence-electron chi connectivity index (χ4n) is 2.26. The van der Waals surface area contributed by atoms with E-state index in [1.807, 2.05) is 12.1 Å². The predicted octanol–water partition coefficient (Wildman–Crippen LogP) is 2.74. The first-order chi connectivity index (χ1) is 7.33. The molecule has 15 heavy (non-hydrogen) atoms. The minimum atomic E-state index is -0.200. The zero-order valence-corrected chi connectivity index (χ0v) is 9.08. The number of esters is 1. The number of ether oxygens (including phenoxy) is 1. The summed E-state index contributed by atoms with van der Waals surface area (Å²) in [7, 11) is 1.44. The molecule has 2 rings (SSSR count). The van der Waals surface area contributed by atoms with E-state index in [1.54, 1.807) is 0 Å². The zero-order chi connectivity index (χ0) is 10.7. The van der Waals surface area contributed by atoms with Gasteiger partial charge in [-0.05, 0) is 42.9 Å². The smallest absolute Gasteiger partial charge is 0.338 e. The van der Waals surface area contributed by atoms with Gasteiger partial charge in [-0.2, -0.15) is 0 Å². The molecule has 80 valence electrons. The highest BCUT2D eigenvalue weighted by molar-refractivity contribution is 5.91. The summed E-state index contributed by atoms with van der Waals surface area (Å²) in [6, 6.07) is 5.96. The molecule has 0 fully saturated rings. The number of methoxy groups -OCH3 is 1. The zero-order valence-electron chi connectivity index (χ0n) is 9.08. The number of hydrogen-bond donors (Lipinski definition) is 0. The fraction of sp³-hybridized carbons (Fsp3) is 0.462. The van der Waals surface area contributed by atoms with Crippen LogP contribution in [-0.2, 0) is 17.6 Å². The van der Waals surface area contributed by atoms with Gasteiger partial charge < -0.3 is 4.74 Å². The maximum absolute atomic E-state index is 11.6. The predicted molar refractivity (Wildman–Crippen MR) is 59.0 cm³/mol. The van der Waals surface area contributed by atoms with Crippen molar-refractivity contribution in [1.82, 2.24) is 0 Å². The summed E-state index contributed by atoms with van der Waals surface area (Å²) in [5.74, 6) is -0.200. The van der Waals surface area contributed by atoms with E-state index in [4.69, 9.17) is 4.74 Å². The van der Waals surface area contributed by atoms with Crippen LogP contribution >= 0.6 is 0 Å². The summed E-state index contributed by atoms with van der Waals surface area (Å²) >= 11 is 0. The van der Waals surface area contributed by atoms with Crippen molar-refractivity contribution in [1.29, 1.82) is 0 Å². The van der Waals surface area contributed by atoms with Gasteiger partial charge >= 0.3 is 5.97 Å². The summed E-state index contributed by atoms with van der Waals surface area (Å²) in [6.45, 7) is 0. The van der Waals surface area contributed by atoms with Crippen LogP contribution in [0.4, 0.5) is 0 Å². The Morgan fingerprint density at radius 3 is 2.80 bits per heavy atom. The lowest BCUT2D eigenvalue weighted by Gasteiger charge is -2.10. The molecule has 0 unspecified atom stereocenters. The molecule has 0 bridgehead atoms. The van der Waals surface area contributed by atoms with E-state index in [2.05, 4.69) is 6.07 Å². The lowest BCUT2D eigenvalue weighted by atomic mass is 9.97. The summed E-state index contributed by atoms with van der Waals surface area (Å²) in [5, 5.41) is 0. The minimum Gasteiger partial charge on any atom is -0.465 e. The van der Waals surface area contributed by atoms with Crippen LogP contribution in [0.3, 0.4) is 0 Å². The Morgan fingerprint density at radius 2 is 2.00 bits per heavy atom. The van der Waals surface area contributed by atoms with Crippen LogP contribution in [0, 0.1) is 0 Å². The number of benzene rings is 1. The molecule has 0 aliphatic heterocycles. The van der Waals surface area contributed by atoms with E-state index in [9.17, 15) is 4.79 Å². The number of rotatable bonds is 1. The molecule has 0 saturated carbocycles. The van der Waals surface area contributed by atoms with Crippen LogP contribution < -0.4 is 0 Å². The van der Waals surface area contributed by atoms with Gasteiger partial charge in [-0.15, -0.1) is 0 Å². The lowest BCUT2D eigenvalue weighted by Crippen LogP contribution is -2.07. The Morgan fingerprint density at radius 1 is 1.20 bits per heavy atom. The van der Waals surface area contributed by atoms with Crippen molar-refractivity contribution in [3.63, 3.8) is 0 Å². The van der Waals surface area contributed by atoms with Crippen molar-refractivity contribution in [2.75, 3.05) is 7.11 Å². The van der Waals surface area contributed by atoms with Gasteiger partial charge in [-0.1, -0.05) is 18.6 Å². The summed E-state index contributed by atoms with van der Waals surface area (Å²) in [4.78, 5) is 11.6. The van der Waals surface area contributed by atoms with Crippen molar-refractivity contribution in [3.8, 4) is 0 Å². The molecule has 0 radical (unpaired) electrons. The van der Waals surface area contributed by atoms with Gasteiger partial charge in [0, 0.05) is 0 Å². The highest BCUT2D eigenvalue weighted by Gasteiger charge is 2.16. The second kappa shape index (κ2) is 4.47. The van der Waals surface area contributed by atoms with Crippen LogP contribution in [0.15, 0.2) is 18.2 Å². The van der Waals surface area contributed by atoms with E-state index in [1.165, 1.54) is 37.5 Å². The van der Waals surface area contributed by atoms with E-state index in [0.29, 0.717) is 0 Å². The second-order valence-electron chi connectivity index (χ2n) is 4.00. The third-order valence-electron chi connectivity index (χ3n) is 3.05. The first-order valence-corrected chi connectivity index (χ1v) is 5.52. The molecule has 0 N–H and O–H groups in total. The van der Waals surface area contributed by atoms with Crippen molar-refractivity contribution in [2.24, 2.45) is 0 Å². The minimum absolute atomic E-state index is 0.200. The van der Waals surface area contributed by atoms with Gasteiger partial charge in [0.1, 0.15) is 0 Å². The van der Waals surface area contributed by atoms with Crippen LogP contribution in [0.1, 0.15) is 40.7 Å². The van der Waals surface area contributed by atoms with Gasteiger partial charge in [0.05, 0.1) is 12.7 Å². The Hall–Kier alpha value is -1.31. The van der Waals surface area contributed by atoms with Gasteiger partial charge in [0.25, 0.3) is 0 Å². The molecule has 0 saturated heterocycles. The number of aryl methyl sites for hydroxylation is 1. The molecule has 1 aromatic rings. The molecule has 2 heteroatoms. The summed E-state index contributed by atoms with van der Waals surface area (Å²) < 4.78 is 4.80. The quantitative estimate of drug-likeness (QED) is 0.519. The number of carbonyl (C=O) groups is 1. The third-order valence-corrected chi connectivity index (χ3v) is 3.05. The average Bonchev–Trinajstić information content (AvgIpc) is 2.52. The Balaban J connectivity index is 2.43. The highest BCUT2D eigenvalue weighted by Crippen LogP contribution is 2.24. The van der Waals surface area contributed by atoms with Crippen LogP contribution in [-0.4, -0.2) is 13.1 Å². The average molecular weight is 204 g/mol. The van der Waals surface area contributed by atoms with Crippen molar-refractivity contribution in [3.05, 3.63) is 34.9 Å². The summed E-state index contributed by atoms with van der Waals surface area (Å²) in [6.07, 6.45) is 5.79. The van der Waals surface area contributed by atoms with Crippen LogP contribution in [0.5, 0.6) is 0 Å². The van der Waals surface area contributed by atoms with E-state index in [-0.39, 0.29) is 5.97 Å². The number of carbonyl (C=O) groups excluding carboxylic acids is 1. The molecular formula is C13H16O2. The van der Waals surface area contributed by atoms with Gasteiger partial charge in [0.2, 0.25) is 0 Å². The molecule has 1 aliphatic carbocycles. The molecule has 1 aliphatic rings.